The smallest absolute Gasteiger partial charge is 0.251 e. The van der Waals surface area contributed by atoms with E-state index in [1.54, 1.807) is 24.5 Å². The molecule has 1 heterocycles. The molecule has 2 aromatic rings. The number of nitrogens with zero attached hydrogens (tertiary/aromatic N) is 1. The lowest BCUT2D eigenvalue weighted by atomic mass is 10.1. The van der Waals surface area contributed by atoms with Crippen molar-refractivity contribution in [1.82, 2.24) is 10.3 Å². The Bertz CT molecular complexity index is 522. The number of nitrogens with one attached hydrogen (secondary N) is 1. The number of hydrogen-bond acceptors (Lipinski definition) is 3. The minimum absolute atomic E-state index is 0.0636. The maximum atomic E-state index is 11.9. The number of aromatic nitrogens is 1. The summed E-state index contributed by atoms with van der Waals surface area (Å²) in [6.45, 7) is 1.94. The third-order valence-electron chi connectivity index (χ3n) is 2.73. The van der Waals surface area contributed by atoms with Gasteiger partial charge in [0, 0.05) is 23.6 Å². The van der Waals surface area contributed by atoms with Gasteiger partial charge in [-0.2, -0.15) is 0 Å². The van der Waals surface area contributed by atoms with Crippen molar-refractivity contribution in [2.75, 3.05) is 5.73 Å². The molecule has 1 aromatic carbocycles. The highest BCUT2D eigenvalue weighted by Crippen LogP contribution is 2.14. The fraction of sp³-hybridized carbons (Fsp3) is 0.143. The number of pyridine rings is 1. The molecule has 4 heteroatoms. The quantitative estimate of drug-likeness (QED) is 0.809. The molecule has 0 spiro atoms. The summed E-state index contributed by atoms with van der Waals surface area (Å²) < 4.78 is 0. The molecule has 0 aliphatic carbocycles. The summed E-state index contributed by atoms with van der Waals surface area (Å²) >= 11 is 0. The van der Waals surface area contributed by atoms with E-state index in [-0.39, 0.29) is 11.9 Å². The van der Waals surface area contributed by atoms with Crippen molar-refractivity contribution in [3.63, 3.8) is 0 Å². The standard InChI is InChI=1S/C14H15N3O/c1-10(11-2-4-13(15)5-3-11)17-14(18)12-6-8-16-9-7-12/h2-10H,15H2,1H3,(H,17,18). The second-order valence-electron chi connectivity index (χ2n) is 4.10. The van der Waals surface area contributed by atoms with E-state index in [0.29, 0.717) is 11.3 Å². The van der Waals surface area contributed by atoms with Gasteiger partial charge < -0.3 is 11.1 Å². The molecule has 0 aliphatic heterocycles. The van der Waals surface area contributed by atoms with Crippen LogP contribution in [0.5, 0.6) is 0 Å². The summed E-state index contributed by atoms with van der Waals surface area (Å²) in [4.78, 5) is 15.8. The van der Waals surface area contributed by atoms with Gasteiger partial charge in [0.1, 0.15) is 0 Å². The Kier molecular flexibility index (Phi) is 3.57. The van der Waals surface area contributed by atoms with Crippen molar-refractivity contribution in [3.05, 3.63) is 59.9 Å². The number of rotatable bonds is 3. The molecule has 0 radical (unpaired) electrons. The van der Waals surface area contributed by atoms with Gasteiger partial charge >= 0.3 is 0 Å². The predicted molar refractivity (Wildman–Crippen MR) is 71.0 cm³/mol. The molecule has 2 rings (SSSR count). The molecule has 3 N–H and O–H groups in total. The Hall–Kier alpha value is -2.36. The molecule has 1 aromatic heterocycles. The molecule has 0 fully saturated rings. The fourth-order valence-electron chi connectivity index (χ4n) is 1.65. The predicted octanol–water partition coefficient (Wildman–Crippen LogP) is 2.15. The van der Waals surface area contributed by atoms with E-state index in [0.717, 1.165) is 5.56 Å². The van der Waals surface area contributed by atoms with E-state index < -0.39 is 0 Å². The largest absolute Gasteiger partial charge is 0.399 e. The normalized spacial score (nSPS) is 11.8. The Balaban J connectivity index is 2.06. The van der Waals surface area contributed by atoms with E-state index in [1.807, 2.05) is 31.2 Å². The molecule has 18 heavy (non-hydrogen) atoms. The Labute approximate surface area is 106 Å². The van der Waals surface area contributed by atoms with Crippen LogP contribution in [-0.2, 0) is 0 Å². The third kappa shape index (κ3) is 2.85. The van der Waals surface area contributed by atoms with Gasteiger partial charge in [-0.3, -0.25) is 9.78 Å². The maximum absolute atomic E-state index is 11.9. The third-order valence-corrected chi connectivity index (χ3v) is 2.73. The maximum Gasteiger partial charge on any atom is 0.251 e. The van der Waals surface area contributed by atoms with E-state index in [2.05, 4.69) is 10.3 Å². The second-order valence-corrected chi connectivity index (χ2v) is 4.10. The summed E-state index contributed by atoms with van der Waals surface area (Å²) in [6.07, 6.45) is 3.20. The minimum atomic E-state index is -0.110. The first-order chi connectivity index (χ1) is 8.66. The monoisotopic (exact) mass is 241 g/mol. The van der Waals surface area contributed by atoms with Crippen LogP contribution in [0.3, 0.4) is 0 Å². The van der Waals surface area contributed by atoms with Gasteiger partial charge in [0.25, 0.3) is 5.91 Å². The first kappa shape index (κ1) is 12.1. The van der Waals surface area contributed by atoms with Crippen LogP contribution in [-0.4, -0.2) is 10.9 Å². The highest BCUT2D eigenvalue weighted by Gasteiger charge is 2.10. The van der Waals surface area contributed by atoms with Crippen LogP contribution < -0.4 is 11.1 Å². The number of benzene rings is 1. The van der Waals surface area contributed by atoms with Crippen LogP contribution in [0.4, 0.5) is 5.69 Å². The topological polar surface area (TPSA) is 68.0 Å². The lowest BCUT2D eigenvalue weighted by molar-refractivity contribution is 0.0940. The summed E-state index contributed by atoms with van der Waals surface area (Å²) in [5, 5.41) is 2.92. The van der Waals surface area contributed by atoms with Crippen molar-refractivity contribution in [1.29, 1.82) is 0 Å². The van der Waals surface area contributed by atoms with Crippen molar-refractivity contribution >= 4 is 11.6 Å². The number of nitrogen functional groups attached to an aromatic ring is 1. The zero-order chi connectivity index (χ0) is 13.0. The number of nitrogens with two attached hydrogens (primary N) is 1. The van der Waals surface area contributed by atoms with Crippen LogP contribution in [0.1, 0.15) is 28.9 Å². The van der Waals surface area contributed by atoms with Gasteiger partial charge in [-0.05, 0) is 36.8 Å². The van der Waals surface area contributed by atoms with Crippen LogP contribution in [0.15, 0.2) is 48.8 Å². The lowest BCUT2D eigenvalue weighted by Crippen LogP contribution is -2.26. The first-order valence-corrected chi connectivity index (χ1v) is 5.73. The molecular formula is C14H15N3O. The zero-order valence-corrected chi connectivity index (χ0v) is 10.1. The summed E-state index contributed by atoms with van der Waals surface area (Å²) in [5.74, 6) is -0.110. The van der Waals surface area contributed by atoms with Crippen molar-refractivity contribution in [3.8, 4) is 0 Å². The second kappa shape index (κ2) is 5.31. The van der Waals surface area contributed by atoms with Crippen LogP contribution in [0.25, 0.3) is 0 Å². The van der Waals surface area contributed by atoms with Gasteiger partial charge in [-0.15, -0.1) is 0 Å². The number of amides is 1. The van der Waals surface area contributed by atoms with E-state index in [4.69, 9.17) is 5.73 Å². The highest BCUT2D eigenvalue weighted by molar-refractivity contribution is 5.94. The molecule has 0 saturated carbocycles. The summed E-state index contributed by atoms with van der Waals surface area (Å²) in [5.41, 5.74) is 7.96. The molecular weight excluding hydrogens is 226 g/mol. The van der Waals surface area contributed by atoms with Crippen molar-refractivity contribution < 1.29 is 4.79 Å². The average Bonchev–Trinajstić information content (AvgIpc) is 2.40. The highest BCUT2D eigenvalue weighted by atomic mass is 16.1. The van der Waals surface area contributed by atoms with E-state index >= 15 is 0 Å². The SMILES string of the molecule is CC(NC(=O)c1ccncc1)c1ccc(N)cc1. The Morgan fingerprint density at radius 2 is 1.78 bits per heavy atom. The molecule has 1 atom stereocenters. The van der Waals surface area contributed by atoms with Crippen molar-refractivity contribution in [2.45, 2.75) is 13.0 Å². The number of carbonyl (C=O) groups excluding carboxylic acids is 1. The summed E-state index contributed by atoms with van der Waals surface area (Å²) in [7, 11) is 0. The Morgan fingerprint density at radius 1 is 1.17 bits per heavy atom. The van der Waals surface area contributed by atoms with Crippen LogP contribution in [0, 0.1) is 0 Å². The Morgan fingerprint density at radius 3 is 2.39 bits per heavy atom. The first-order valence-electron chi connectivity index (χ1n) is 5.73. The molecule has 0 bridgehead atoms. The van der Waals surface area contributed by atoms with Gasteiger partial charge in [-0.25, -0.2) is 0 Å². The van der Waals surface area contributed by atoms with E-state index in [9.17, 15) is 4.79 Å². The zero-order valence-electron chi connectivity index (χ0n) is 10.1. The molecule has 0 saturated heterocycles. The van der Waals surface area contributed by atoms with E-state index in [1.165, 1.54) is 0 Å². The average molecular weight is 241 g/mol. The molecule has 4 nitrogen and oxygen atoms in total. The number of carbonyl (C=O) groups is 1. The van der Waals surface area contributed by atoms with Crippen LogP contribution >= 0.6 is 0 Å². The molecule has 92 valence electrons. The van der Waals surface area contributed by atoms with Gasteiger partial charge in [-0.1, -0.05) is 12.1 Å². The minimum Gasteiger partial charge on any atom is -0.399 e. The fourth-order valence-corrected chi connectivity index (χ4v) is 1.65. The van der Waals surface area contributed by atoms with Crippen LogP contribution in [0.2, 0.25) is 0 Å². The number of anilines is 1. The lowest BCUT2D eigenvalue weighted by Gasteiger charge is -2.14. The molecule has 0 aliphatic rings. The molecule has 1 unspecified atom stereocenters. The summed E-state index contributed by atoms with van der Waals surface area (Å²) in [6, 6.07) is 10.8. The number of hydrogen-bond donors (Lipinski definition) is 2. The molecule has 1 amide bonds. The van der Waals surface area contributed by atoms with Gasteiger partial charge in [0.15, 0.2) is 0 Å². The van der Waals surface area contributed by atoms with Crippen molar-refractivity contribution in [2.24, 2.45) is 0 Å². The van der Waals surface area contributed by atoms with Gasteiger partial charge in [0.2, 0.25) is 0 Å². The van der Waals surface area contributed by atoms with Gasteiger partial charge in [0.05, 0.1) is 6.04 Å².